The molecule has 0 saturated heterocycles. The number of esters is 3. The van der Waals surface area contributed by atoms with Gasteiger partial charge in [-0.2, -0.15) is 0 Å². The number of aliphatic carboxylic acids is 1. The van der Waals surface area contributed by atoms with Crippen LogP contribution in [0.25, 0.3) is 0 Å². The zero-order valence-corrected chi connectivity index (χ0v) is 45.9. The normalized spacial score (nSPS) is 12.6. The molecule has 3 rings (SSSR count). The molecule has 7 N–H and O–H groups in total. The van der Waals surface area contributed by atoms with Crippen molar-refractivity contribution >= 4 is 53.6 Å². The van der Waals surface area contributed by atoms with Crippen molar-refractivity contribution in [1.82, 2.24) is 31.9 Å². The van der Waals surface area contributed by atoms with Gasteiger partial charge in [-0.1, -0.05) is 91.0 Å². The number of hydrogen-bond donors (Lipinski definition) is 7. The molecule has 79 heavy (non-hydrogen) atoms. The number of nitrogens with one attached hydrogen (secondary N) is 6. The summed E-state index contributed by atoms with van der Waals surface area (Å²) in [6.45, 7) is 7.39. The summed E-state index contributed by atoms with van der Waals surface area (Å²) < 4.78 is 32.8. The predicted molar refractivity (Wildman–Crippen MR) is 289 cm³/mol. The fourth-order valence-electron chi connectivity index (χ4n) is 7.31. The molecular formula is C57H80N6O16. The number of carbonyl (C=O) groups excluding carboxylic acids is 8. The molecule has 4 unspecified atom stereocenters. The number of benzene rings is 3. The van der Waals surface area contributed by atoms with Gasteiger partial charge in [0.25, 0.3) is 0 Å². The lowest BCUT2D eigenvalue weighted by Crippen LogP contribution is -2.52. The summed E-state index contributed by atoms with van der Waals surface area (Å²) >= 11 is 0. The molecule has 0 aromatic heterocycles. The van der Waals surface area contributed by atoms with Crippen molar-refractivity contribution in [3.8, 4) is 0 Å². The fourth-order valence-corrected chi connectivity index (χ4v) is 7.31. The summed E-state index contributed by atoms with van der Waals surface area (Å²) in [4.78, 5) is 114. The average molecular weight is 1110 g/mol. The topological polar surface area (TPSA) is 301 Å². The first-order valence-corrected chi connectivity index (χ1v) is 26.7. The first kappa shape index (κ1) is 65.9. The maximum Gasteiger partial charge on any atom is 0.408 e. The van der Waals surface area contributed by atoms with E-state index >= 15 is 0 Å². The third-order valence-corrected chi connectivity index (χ3v) is 11.5. The molecule has 0 fully saturated rings. The Labute approximate surface area is 462 Å². The lowest BCUT2D eigenvalue weighted by Gasteiger charge is -2.23. The monoisotopic (exact) mass is 1100 g/mol. The van der Waals surface area contributed by atoms with Crippen molar-refractivity contribution in [2.75, 3.05) is 46.1 Å². The zero-order chi connectivity index (χ0) is 57.7. The first-order valence-electron chi connectivity index (χ1n) is 26.7. The highest BCUT2D eigenvalue weighted by molar-refractivity contribution is 5.91. The van der Waals surface area contributed by atoms with Gasteiger partial charge in [-0.15, -0.1) is 0 Å². The van der Waals surface area contributed by atoms with Crippen molar-refractivity contribution in [2.24, 2.45) is 0 Å². The predicted octanol–water partition coefficient (Wildman–Crippen LogP) is 4.70. The number of carboxylic acid groups (broad SMARTS) is 1. The van der Waals surface area contributed by atoms with Gasteiger partial charge in [-0.05, 0) is 95.9 Å². The van der Waals surface area contributed by atoms with Gasteiger partial charge in [0, 0.05) is 38.4 Å². The maximum absolute atomic E-state index is 14.0. The summed E-state index contributed by atoms with van der Waals surface area (Å²) in [6, 6.07) is 23.9. The van der Waals surface area contributed by atoms with Crippen LogP contribution in [0.15, 0.2) is 91.0 Å². The summed E-state index contributed by atoms with van der Waals surface area (Å²) in [6.07, 6.45) is 0.701. The Morgan fingerprint density at radius 1 is 0.506 bits per heavy atom. The minimum Gasteiger partial charge on any atom is -0.481 e. The van der Waals surface area contributed by atoms with Crippen molar-refractivity contribution in [3.05, 3.63) is 108 Å². The lowest BCUT2D eigenvalue weighted by atomic mass is 10.1. The van der Waals surface area contributed by atoms with Crippen LogP contribution in [0, 0.1) is 0 Å². The fraction of sp³-hybridized carbons (Fsp3) is 0.526. The molecule has 4 atom stereocenters. The molecule has 0 aliphatic heterocycles. The average Bonchev–Trinajstić information content (AvgIpc) is 3.42. The summed E-state index contributed by atoms with van der Waals surface area (Å²) in [5.74, 6) is -5.03. The van der Waals surface area contributed by atoms with Crippen molar-refractivity contribution in [2.45, 2.75) is 148 Å². The van der Waals surface area contributed by atoms with Crippen LogP contribution in [0.2, 0.25) is 0 Å². The second kappa shape index (κ2) is 38.2. The Morgan fingerprint density at radius 3 is 1.63 bits per heavy atom. The van der Waals surface area contributed by atoms with Gasteiger partial charge in [-0.3, -0.25) is 33.6 Å². The Balaban J connectivity index is 1.55. The molecule has 0 bridgehead atoms. The number of carboxylic acids is 1. The van der Waals surface area contributed by atoms with Crippen LogP contribution in [-0.2, 0) is 86.6 Å². The van der Waals surface area contributed by atoms with Gasteiger partial charge in [-0.25, -0.2) is 9.59 Å². The molecule has 3 aromatic carbocycles. The number of amides is 5. The molecular weight excluding hydrogens is 1020 g/mol. The summed E-state index contributed by atoms with van der Waals surface area (Å²) in [7, 11) is 0. The van der Waals surface area contributed by atoms with Crippen LogP contribution >= 0.6 is 0 Å². The van der Waals surface area contributed by atoms with Gasteiger partial charge in [0.15, 0.2) is 0 Å². The van der Waals surface area contributed by atoms with Crippen LogP contribution in [0.4, 0.5) is 4.79 Å². The molecule has 0 aliphatic rings. The van der Waals surface area contributed by atoms with E-state index in [1.807, 2.05) is 61.5 Å². The van der Waals surface area contributed by atoms with E-state index < -0.39 is 78.0 Å². The molecule has 0 heterocycles. The van der Waals surface area contributed by atoms with E-state index in [4.69, 9.17) is 33.5 Å². The van der Waals surface area contributed by atoms with E-state index in [1.54, 1.807) is 57.2 Å². The highest BCUT2D eigenvalue weighted by Crippen LogP contribution is 2.12. The smallest absolute Gasteiger partial charge is 0.408 e. The highest BCUT2D eigenvalue weighted by atomic mass is 16.6. The van der Waals surface area contributed by atoms with E-state index in [-0.39, 0.29) is 110 Å². The summed E-state index contributed by atoms with van der Waals surface area (Å²) in [5.41, 5.74) is 1.55. The molecule has 0 aliphatic carbocycles. The Kier molecular flexibility index (Phi) is 31.8. The number of alkyl carbamates (subject to hydrolysis) is 1. The van der Waals surface area contributed by atoms with Crippen LogP contribution in [0.3, 0.4) is 0 Å². The van der Waals surface area contributed by atoms with E-state index in [0.29, 0.717) is 37.8 Å². The number of ether oxygens (including phenoxy) is 6. The summed E-state index contributed by atoms with van der Waals surface area (Å²) in [5, 5.41) is 25.4. The number of unbranched alkanes of at least 4 members (excludes halogenated alkanes) is 1. The third kappa shape index (κ3) is 32.2. The quantitative estimate of drug-likeness (QED) is 0.0231. The van der Waals surface area contributed by atoms with Crippen molar-refractivity contribution < 1.29 is 76.7 Å². The van der Waals surface area contributed by atoms with Crippen LogP contribution < -0.4 is 31.9 Å². The van der Waals surface area contributed by atoms with Crippen molar-refractivity contribution in [1.29, 1.82) is 0 Å². The molecule has 3 aromatic rings. The first-order chi connectivity index (χ1) is 37.9. The minimum atomic E-state index is -1.28. The van der Waals surface area contributed by atoms with Gasteiger partial charge in [0.2, 0.25) is 23.6 Å². The Bertz CT molecular complexity index is 2320. The van der Waals surface area contributed by atoms with Crippen LogP contribution in [0.5, 0.6) is 0 Å². The van der Waals surface area contributed by atoms with E-state index in [2.05, 4.69) is 31.9 Å². The van der Waals surface area contributed by atoms with Gasteiger partial charge >= 0.3 is 30.0 Å². The van der Waals surface area contributed by atoms with E-state index in [9.17, 15) is 43.2 Å². The van der Waals surface area contributed by atoms with Crippen LogP contribution in [0.1, 0.15) is 115 Å². The maximum atomic E-state index is 14.0. The molecule has 434 valence electrons. The van der Waals surface area contributed by atoms with E-state index in [0.717, 1.165) is 11.1 Å². The third-order valence-electron chi connectivity index (χ3n) is 11.5. The molecule has 22 heteroatoms. The van der Waals surface area contributed by atoms with E-state index in [1.165, 1.54) is 0 Å². The standard InChI is InChI=1S/C57H80N6O16/c1-41(25-29-51(68)76-37-42-17-8-5-9-18-42)58-32-16-24-46(54(71)62-47(55(72)78-39-44-21-12-7-13-22-44)26-30-52(69)77-38-43-19-10-6-11-20-43)61-49(65)40-75-36-35-74-34-33-60-53(70)45(63-56(73)79-57(2,3)4)23-14-15-31-59-48(64)27-28-50(66)67/h5-13,17-22,41,45-47,58H,14-16,23-40H2,1-4H3,(H,59,64)(H,60,70)(H,61,65)(H,62,71)(H,63,73)(H,66,67). The molecule has 5 amide bonds. The molecule has 0 saturated carbocycles. The van der Waals surface area contributed by atoms with Crippen molar-refractivity contribution in [3.63, 3.8) is 0 Å². The zero-order valence-electron chi connectivity index (χ0n) is 45.9. The minimum absolute atomic E-state index is 0.0201. The van der Waals surface area contributed by atoms with Gasteiger partial charge in [0.1, 0.15) is 50.2 Å². The van der Waals surface area contributed by atoms with Gasteiger partial charge < -0.3 is 65.4 Å². The highest BCUT2D eigenvalue weighted by Gasteiger charge is 2.29. The Hall–Kier alpha value is -7.43. The largest absolute Gasteiger partial charge is 0.481 e. The number of rotatable bonds is 39. The second-order valence-corrected chi connectivity index (χ2v) is 19.5. The number of hydrogen-bond acceptors (Lipinski definition) is 16. The molecule has 22 nitrogen and oxygen atoms in total. The molecule has 0 radical (unpaired) electrons. The molecule has 0 spiro atoms. The lowest BCUT2D eigenvalue weighted by molar-refractivity contribution is -0.151. The van der Waals surface area contributed by atoms with Crippen LogP contribution in [-0.4, -0.2) is 135 Å². The second-order valence-electron chi connectivity index (χ2n) is 19.5. The SMILES string of the molecule is CC(CCC(=O)OCc1ccccc1)NCCCC(NC(=O)COCCOCCNC(=O)C(CCCCNC(=O)CCC(=O)O)NC(=O)OC(C)(C)C)C(=O)NC(CCC(=O)OCc1ccccc1)C(=O)OCc1ccccc1. The van der Waals surface area contributed by atoms with Gasteiger partial charge in [0.05, 0.1) is 26.2 Å². The number of carbonyl (C=O) groups is 9. The Morgan fingerprint density at radius 2 is 1.05 bits per heavy atom.